The second-order valence-electron chi connectivity index (χ2n) is 16.8. The van der Waals surface area contributed by atoms with E-state index in [-0.39, 0.29) is 50.2 Å². The normalized spacial score (nSPS) is 19.7. The molecule has 2 amide bonds. The van der Waals surface area contributed by atoms with Gasteiger partial charge in [-0.05, 0) is 49.1 Å². The SMILES string of the molecule is Cc1ccc(-c2ccc(Cl)c3c(N(C(=O)OCCN4CCOCC4)S(C)(=O)=O)nn(CC(F)(F)F)c23)c([C@H](Cc2cc(F)cc(F)c2)NC(=O)Cn2nc(C(F)(F)F)c3c2C(F)(F)[C@H]2C3[C@H]2C)n1. The van der Waals surface area contributed by atoms with Gasteiger partial charge in [0.15, 0.2) is 11.5 Å². The van der Waals surface area contributed by atoms with Crippen molar-refractivity contribution in [2.75, 3.05) is 50.0 Å². The van der Waals surface area contributed by atoms with Crippen molar-refractivity contribution >= 4 is 50.3 Å². The number of carbonyl (C=O) groups excluding carboxylic acids is 2. The van der Waals surface area contributed by atoms with Crippen LogP contribution in [0, 0.1) is 30.4 Å². The smallest absolute Gasteiger partial charge is 0.435 e. The van der Waals surface area contributed by atoms with E-state index in [9.17, 15) is 53.1 Å². The third-order valence-electron chi connectivity index (χ3n) is 12.0. The standard InChI is InChI=1S/C42H39ClF10N8O6S/c1-20-4-5-25(26-6-7-27(43)31-35(26)60(19-40(46,47)48)57-38(31)61(68(3,64)65)39(63)67-13-10-58-8-11-66-12-9-58)34(54-20)28(16-22-14-23(44)17-24(45)15-22)55-29(62)18-59-37-32(36(56-59)42(51,52)53)30-21(2)33(30)41(37,49)50/h4-7,14-15,17,21,28,30,33H,8-13,16,18-19H2,1-3H3,(H,55,62)/t21-,28+,30?,33-/m1/s1. The summed E-state index contributed by atoms with van der Waals surface area (Å²) in [5.74, 6) is -11.5. The van der Waals surface area contributed by atoms with E-state index in [1.807, 2.05) is 4.90 Å². The molecule has 26 heteroatoms. The lowest BCUT2D eigenvalue weighted by molar-refractivity contribution is -0.143. The molecule has 1 unspecified atom stereocenters. The van der Waals surface area contributed by atoms with Gasteiger partial charge in [0.05, 0.1) is 47.1 Å². The summed E-state index contributed by atoms with van der Waals surface area (Å²) in [6.07, 6.45) is -11.7. The van der Waals surface area contributed by atoms with Crippen molar-refractivity contribution in [2.45, 2.75) is 63.6 Å². The lowest BCUT2D eigenvalue weighted by Crippen LogP contribution is -2.41. The third-order valence-corrected chi connectivity index (χ3v) is 13.3. The van der Waals surface area contributed by atoms with E-state index in [0.29, 0.717) is 43.3 Å². The van der Waals surface area contributed by atoms with Gasteiger partial charge in [-0.1, -0.05) is 30.7 Å². The maximum absolute atomic E-state index is 15.7. The molecular formula is C42H39ClF10N8O6S. The quantitative estimate of drug-likeness (QED) is 0.115. The van der Waals surface area contributed by atoms with E-state index in [2.05, 4.69) is 20.5 Å². The molecule has 0 bridgehead atoms. The zero-order chi connectivity index (χ0) is 49.4. The van der Waals surface area contributed by atoms with E-state index in [4.69, 9.17) is 21.1 Å². The molecule has 14 nitrogen and oxygen atoms in total. The molecule has 2 aliphatic carbocycles. The largest absolute Gasteiger partial charge is 0.447 e. The average Bonchev–Trinajstić information content (AvgIpc) is 3.43. The predicted molar refractivity (Wildman–Crippen MR) is 222 cm³/mol. The zero-order valence-corrected chi connectivity index (χ0v) is 37.4. The Morgan fingerprint density at radius 2 is 1.66 bits per heavy atom. The van der Waals surface area contributed by atoms with Crippen molar-refractivity contribution in [1.82, 2.24) is 34.8 Å². The number of nitrogens with one attached hydrogen (secondary N) is 1. The van der Waals surface area contributed by atoms with E-state index in [1.54, 1.807) is 0 Å². The number of amides is 2. The molecule has 0 radical (unpaired) electrons. The van der Waals surface area contributed by atoms with Gasteiger partial charge in [0.25, 0.3) is 5.92 Å². The number of hydrogen-bond acceptors (Lipinski definition) is 10. The summed E-state index contributed by atoms with van der Waals surface area (Å²) >= 11 is 6.63. The number of sulfonamides is 1. The van der Waals surface area contributed by atoms with Crippen molar-refractivity contribution in [3.63, 3.8) is 0 Å². The van der Waals surface area contributed by atoms with Crippen LogP contribution in [0.1, 0.15) is 52.8 Å². The van der Waals surface area contributed by atoms with Gasteiger partial charge in [-0.15, -0.1) is 0 Å². The van der Waals surface area contributed by atoms with Gasteiger partial charge >= 0.3 is 18.4 Å². The number of rotatable bonds is 13. The van der Waals surface area contributed by atoms with Crippen LogP contribution in [0.2, 0.25) is 5.02 Å². The minimum Gasteiger partial charge on any atom is -0.447 e. The number of anilines is 1. The molecule has 68 heavy (non-hydrogen) atoms. The van der Waals surface area contributed by atoms with Crippen molar-refractivity contribution in [1.29, 1.82) is 0 Å². The number of alkyl halides is 8. The predicted octanol–water partition coefficient (Wildman–Crippen LogP) is 7.91. The third kappa shape index (κ3) is 9.57. The lowest BCUT2D eigenvalue weighted by atomic mass is 9.93. The first-order valence-corrected chi connectivity index (χ1v) is 23.0. The molecule has 1 aliphatic heterocycles. The Balaban J connectivity index is 1.24. The van der Waals surface area contributed by atoms with Gasteiger partial charge in [0.1, 0.15) is 37.0 Å². The Kier molecular flexibility index (Phi) is 12.8. The van der Waals surface area contributed by atoms with E-state index >= 15 is 8.78 Å². The van der Waals surface area contributed by atoms with Crippen molar-refractivity contribution in [2.24, 2.45) is 11.8 Å². The maximum atomic E-state index is 15.7. The Hall–Kier alpha value is -5.53. The number of nitrogens with zero attached hydrogens (tertiary/aromatic N) is 7. The van der Waals surface area contributed by atoms with Crippen LogP contribution in [0.25, 0.3) is 22.0 Å². The molecule has 2 aromatic carbocycles. The fourth-order valence-corrected chi connectivity index (χ4v) is 10.1. The topological polar surface area (TPSA) is 154 Å². The maximum Gasteiger partial charge on any atom is 0.435 e. The number of ether oxygens (including phenoxy) is 2. The number of halogens is 11. The molecule has 1 saturated heterocycles. The van der Waals surface area contributed by atoms with Gasteiger partial charge < -0.3 is 14.8 Å². The molecule has 3 aromatic heterocycles. The van der Waals surface area contributed by atoms with Gasteiger partial charge in [0.2, 0.25) is 15.9 Å². The highest BCUT2D eigenvalue weighted by molar-refractivity contribution is 7.92. The number of carbonyl (C=O) groups is 2. The number of pyridine rings is 1. The number of morpholine rings is 1. The number of aromatic nitrogens is 5. The van der Waals surface area contributed by atoms with E-state index in [1.165, 1.54) is 32.0 Å². The zero-order valence-electron chi connectivity index (χ0n) is 35.9. The molecule has 1 N–H and O–H groups in total. The van der Waals surface area contributed by atoms with Crippen molar-refractivity contribution in [3.05, 3.63) is 93.0 Å². The summed E-state index contributed by atoms with van der Waals surface area (Å²) in [6, 6.07) is 5.78. The van der Waals surface area contributed by atoms with Crippen molar-refractivity contribution < 1.29 is 71.4 Å². The van der Waals surface area contributed by atoms with Crippen LogP contribution < -0.4 is 9.62 Å². The van der Waals surface area contributed by atoms with Crippen LogP contribution in [0.15, 0.2) is 42.5 Å². The Morgan fingerprint density at radius 3 is 2.29 bits per heavy atom. The van der Waals surface area contributed by atoms with Crippen LogP contribution in [-0.4, -0.2) is 102 Å². The Morgan fingerprint density at radius 1 is 1.00 bits per heavy atom. The van der Waals surface area contributed by atoms with Crippen LogP contribution in [0.4, 0.5) is 54.5 Å². The molecule has 4 heterocycles. The number of fused-ring (bicyclic) bond motifs is 4. The van der Waals surface area contributed by atoms with Gasteiger partial charge in [-0.25, -0.2) is 22.0 Å². The highest BCUT2D eigenvalue weighted by Gasteiger charge is 2.72. The molecule has 8 rings (SSSR count). The summed E-state index contributed by atoms with van der Waals surface area (Å²) in [4.78, 5) is 34.0. The Labute approximate surface area is 385 Å². The number of benzene rings is 2. The van der Waals surface area contributed by atoms with Crippen molar-refractivity contribution in [3.8, 4) is 11.1 Å². The number of hydrogen-bond donors (Lipinski definition) is 1. The summed E-state index contributed by atoms with van der Waals surface area (Å²) in [5.41, 5.74) is -4.44. The summed E-state index contributed by atoms with van der Waals surface area (Å²) in [5, 5.41) is 8.99. The number of aryl methyl sites for hydroxylation is 1. The molecule has 1 saturated carbocycles. The first kappa shape index (κ1) is 48.9. The molecule has 5 aromatic rings. The van der Waals surface area contributed by atoms with Crippen LogP contribution in [0.5, 0.6) is 0 Å². The molecule has 2 fully saturated rings. The van der Waals surface area contributed by atoms with Gasteiger partial charge in [-0.2, -0.15) is 49.6 Å². The molecule has 3 aliphatic rings. The van der Waals surface area contributed by atoms with Gasteiger partial charge in [0, 0.05) is 59.9 Å². The van der Waals surface area contributed by atoms with E-state index < -0.39 is 134 Å². The highest BCUT2D eigenvalue weighted by Crippen LogP contribution is 2.71. The second-order valence-corrected chi connectivity index (χ2v) is 19.0. The fourth-order valence-electron chi connectivity index (χ4n) is 9.14. The molecule has 0 spiro atoms. The summed E-state index contributed by atoms with van der Waals surface area (Å²) in [6.45, 7) is 1.27. The first-order chi connectivity index (χ1) is 31.7. The highest BCUT2D eigenvalue weighted by atomic mass is 35.5. The average molecular weight is 1010 g/mol. The van der Waals surface area contributed by atoms with E-state index in [0.717, 1.165) is 18.2 Å². The second kappa shape index (κ2) is 17.8. The monoisotopic (exact) mass is 1010 g/mol. The van der Waals surface area contributed by atoms with Crippen LogP contribution in [0.3, 0.4) is 0 Å². The van der Waals surface area contributed by atoms with Crippen LogP contribution >= 0.6 is 11.6 Å². The minimum atomic E-state index is -5.17. The fraction of sp³-hybridized carbons (Fsp3) is 0.452. The van der Waals surface area contributed by atoms with Gasteiger partial charge in [-0.3, -0.25) is 24.0 Å². The van der Waals surface area contributed by atoms with Crippen LogP contribution in [-0.2, 0) is 55.9 Å². The molecule has 4 atom stereocenters. The molecule has 366 valence electrons. The summed E-state index contributed by atoms with van der Waals surface area (Å²) in [7, 11) is -4.75. The first-order valence-electron chi connectivity index (χ1n) is 20.8. The summed E-state index contributed by atoms with van der Waals surface area (Å²) < 4.78 is 184. The lowest BCUT2D eigenvalue weighted by Gasteiger charge is -2.26. The molecular weight excluding hydrogens is 970 g/mol. The minimum absolute atomic E-state index is 0.0525. The Bertz CT molecular complexity index is 2900.